The number of sulfonamides is 1. The van der Waals surface area contributed by atoms with E-state index in [9.17, 15) is 8.42 Å². The van der Waals surface area contributed by atoms with Gasteiger partial charge >= 0.3 is 0 Å². The van der Waals surface area contributed by atoms with Gasteiger partial charge in [-0.25, -0.2) is 8.42 Å². The van der Waals surface area contributed by atoms with Gasteiger partial charge in [-0.1, -0.05) is 42.5 Å². The van der Waals surface area contributed by atoms with Crippen molar-refractivity contribution in [2.75, 3.05) is 4.72 Å². The molecular weight excluding hydrogens is 258 g/mol. The topological polar surface area (TPSA) is 46.2 Å². The lowest BCUT2D eigenvalue weighted by Gasteiger charge is -2.08. The quantitative estimate of drug-likeness (QED) is 0.926. The summed E-state index contributed by atoms with van der Waals surface area (Å²) in [6.45, 7) is 1.89. The zero-order chi connectivity index (χ0) is 13.7. The van der Waals surface area contributed by atoms with Crippen molar-refractivity contribution in [1.82, 2.24) is 0 Å². The van der Waals surface area contributed by atoms with Crippen LogP contribution in [0, 0.1) is 0 Å². The van der Waals surface area contributed by atoms with E-state index in [1.165, 1.54) is 0 Å². The molecule has 3 nitrogen and oxygen atoms in total. The Morgan fingerprint density at radius 3 is 2.42 bits per heavy atom. The van der Waals surface area contributed by atoms with E-state index in [0.717, 1.165) is 5.56 Å². The zero-order valence-electron chi connectivity index (χ0n) is 10.6. The third kappa shape index (κ3) is 3.45. The maximum Gasteiger partial charge on any atom is 0.261 e. The number of benzene rings is 2. The van der Waals surface area contributed by atoms with Gasteiger partial charge in [-0.3, -0.25) is 4.72 Å². The highest BCUT2D eigenvalue weighted by Gasteiger charge is 2.13. The van der Waals surface area contributed by atoms with Crippen molar-refractivity contribution in [3.8, 4) is 0 Å². The van der Waals surface area contributed by atoms with E-state index >= 15 is 0 Å². The molecule has 0 heterocycles. The highest BCUT2D eigenvalue weighted by atomic mass is 32.2. The fourth-order valence-electron chi connectivity index (χ4n) is 1.70. The Kier molecular flexibility index (Phi) is 4.02. The van der Waals surface area contributed by atoms with Crippen LogP contribution in [0.5, 0.6) is 0 Å². The van der Waals surface area contributed by atoms with Crippen molar-refractivity contribution in [2.45, 2.75) is 11.8 Å². The van der Waals surface area contributed by atoms with E-state index in [1.807, 2.05) is 31.2 Å². The Morgan fingerprint density at radius 2 is 1.74 bits per heavy atom. The molecule has 98 valence electrons. The smallest absolute Gasteiger partial charge is 0.261 e. The molecular formula is C15H15NO2S. The minimum Gasteiger partial charge on any atom is -0.280 e. The van der Waals surface area contributed by atoms with Crippen LogP contribution in [0.15, 0.2) is 65.6 Å². The summed E-state index contributed by atoms with van der Waals surface area (Å²) in [6.07, 6.45) is 3.73. The summed E-state index contributed by atoms with van der Waals surface area (Å²) in [7, 11) is -3.54. The minimum absolute atomic E-state index is 0.256. The fraction of sp³-hybridized carbons (Fsp3) is 0.0667. The minimum atomic E-state index is -3.54. The van der Waals surface area contributed by atoms with Gasteiger partial charge in [0, 0.05) is 5.69 Å². The summed E-state index contributed by atoms with van der Waals surface area (Å²) in [4.78, 5) is 0.256. The number of hydrogen-bond acceptors (Lipinski definition) is 2. The zero-order valence-corrected chi connectivity index (χ0v) is 11.4. The molecule has 0 atom stereocenters. The number of allylic oxidation sites excluding steroid dienone is 1. The van der Waals surface area contributed by atoms with Gasteiger partial charge in [0.2, 0.25) is 0 Å². The SMILES string of the molecule is C/C=C/c1cccc(S(=O)(=O)Nc2ccccc2)c1. The largest absolute Gasteiger partial charge is 0.280 e. The number of anilines is 1. The van der Waals surface area contributed by atoms with Crippen LogP contribution in [0.1, 0.15) is 12.5 Å². The average molecular weight is 273 g/mol. The molecule has 0 aliphatic rings. The molecule has 2 rings (SSSR count). The first-order valence-electron chi connectivity index (χ1n) is 5.92. The predicted octanol–water partition coefficient (Wildman–Crippen LogP) is 3.52. The molecule has 0 fully saturated rings. The lowest BCUT2D eigenvalue weighted by molar-refractivity contribution is 0.601. The summed E-state index contributed by atoms with van der Waals surface area (Å²) >= 11 is 0. The second-order valence-corrected chi connectivity index (χ2v) is 5.73. The predicted molar refractivity (Wildman–Crippen MR) is 78.4 cm³/mol. The van der Waals surface area contributed by atoms with Gasteiger partial charge in [0.1, 0.15) is 0 Å². The van der Waals surface area contributed by atoms with Gasteiger partial charge in [-0.2, -0.15) is 0 Å². The number of para-hydroxylation sites is 1. The van der Waals surface area contributed by atoms with Crippen LogP contribution in [0.4, 0.5) is 5.69 Å². The molecule has 0 saturated carbocycles. The second kappa shape index (κ2) is 5.71. The van der Waals surface area contributed by atoms with Crippen molar-refractivity contribution in [3.63, 3.8) is 0 Å². The van der Waals surface area contributed by atoms with E-state index in [4.69, 9.17) is 0 Å². The van der Waals surface area contributed by atoms with E-state index < -0.39 is 10.0 Å². The summed E-state index contributed by atoms with van der Waals surface area (Å²) in [5.41, 5.74) is 1.41. The third-order valence-electron chi connectivity index (χ3n) is 2.55. The first-order valence-corrected chi connectivity index (χ1v) is 7.41. The maximum absolute atomic E-state index is 12.2. The molecule has 0 bridgehead atoms. The maximum atomic E-state index is 12.2. The summed E-state index contributed by atoms with van der Waals surface area (Å²) in [5, 5.41) is 0. The van der Waals surface area contributed by atoms with Gasteiger partial charge in [-0.05, 0) is 36.8 Å². The molecule has 2 aromatic rings. The molecule has 2 aromatic carbocycles. The van der Waals surface area contributed by atoms with E-state index in [-0.39, 0.29) is 4.90 Å². The van der Waals surface area contributed by atoms with Crippen LogP contribution in [-0.4, -0.2) is 8.42 Å². The Balaban J connectivity index is 2.32. The van der Waals surface area contributed by atoms with Crippen LogP contribution < -0.4 is 4.72 Å². The highest BCUT2D eigenvalue weighted by Crippen LogP contribution is 2.17. The van der Waals surface area contributed by atoms with Crippen molar-refractivity contribution in [2.24, 2.45) is 0 Å². The number of rotatable bonds is 4. The first-order chi connectivity index (χ1) is 9.12. The summed E-state index contributed by atoms with van der Waals surface area (Å²) in [6, 6.07) is 15.7. The van der Waals surface area contributed by atoms with Crippen LogP contribution in [0.25, 0.3) is 6.08 Å². The Morgan fingerprint density at radius 1 is 1.00 bits per heavy atom. The fourth-order valence-corrected chi connectivity index (χ4v) is 2.81. The molecule has 0 unspecified atom stereocenters. The Labute approximate surface area is 113 Å². The molecule has 0 spiro atoms. The summed E-state index contributed by atoms with van der Waals surface area (Å²) in [5.74, 6) is 0. The van der Waals surface area contributed by atoms with Gasteiger partial charge < -0.3 is 0 Å². The highest BCUT2D eigenvalue weighted by molar-refractivity contribution is 7.92. The van der Waals surface area contributed by atoms with E-state index in [1.54, 1.807) is 42.5 Å². The third-order valence-corrected chi connectivity index (χ3v) is 3.93. The lowest BCUT2D eigenvalue weighted by atomic mass is 10.2. The molecule has 0 aliphatic heterocycles. The standard InChI is InChI=1S/C15H15NO2S/c1-2-7-13-8-6-11-15(12-13)19(17,18)16-14-9-4-3-5-10-14/h2-12,16H,1H3/b7-2+. The molecule has 0 radical (unpaired) electrons. The van der Waals surface area contributed by atoms with Crippen molar-refractivity contribution in [1.29, 1.82) is 0 Å². The second-order valence-electron chi connectivity index (χ2n) is 4.04. The van der Waals surface area contributed by atoms with Crippen LogP contribution in [0.3, 0.4) is 0 Å². The molecule has 19 heavy (non-hydrogen) atoms. The molecule has 0 aromatic heterocycles. The van der Waals surface area contributed by atoms with Gasteiger partial charge in [0.15, 0.2) is 0 Å². The normalized spacial score (nSPS) is 11.6. The van der Waals surface area contributed by atoms with Crippen LogP contribution in [-0.2, 0) is 10.0 Å². The van der Waals surface area contributed by atoms with Gasteiger partial charge in [-0.15, -0.1) is 0 Å². The lowest BCUT2D eigenvalue weighted by Crippen LogP contribution is -2.12. The molecule has 0 amide bonds. The molecule has 0 saturated heterocycles. The average Bonchev–Trinajstić information content (AvgIpc) is 2.40. The van der Waals surface area contributed by atoms with E-state index in [2.05, 4.69) is 4.72 Å². The number of nitrogens with one attached hydrogen (secondary N) is 1. The van der Waals surface area contributed by atoms with Crippen molar-refractivity contribution in [3.05, 3.63) is 66.2 Å². The monoisotopic (exact) mass is 273 g/mol. The number of hydrogen-bond donors (Lipinski definition) is 1. The summed E-state index contributed by atoms with van der Waals surface area (Å²) < 4.78 is 27.0. The Bertz CT molecular complexity index is 676. The van der Waals surface area contributed by atoms with Gasteiger partial charge in [0.25, 0.3) is 10.0 Å². The van der Waals surface area contributed by atoms with Crippen molar-refractivity contribution < 1.29 is 8.42 Å². The van der Waals surface area contributed by atoms with Crippen LogP contribution >= 0.6 is 0 Å². The van der Waals surface area contributed by atoms with Gasteiger partial charge in [0.05, 0.1) is 4.90 Å². The Hall–Kier alpha value is -2.07. The molecule has 1 N–H and O–H groups in total. The molecule has 4 heteroatoms. The molecule has 0 aliphatic carbocycles. The van der Waals surface area contributed by atoms with Crippen molar-refractivity contribution >= 4 is 21.8 Å². The van der Waals surface area contributed by atoms with Crippen LogP contribution in [0.2, 0.25) is 0 Å². The van der Waals surface area contributed by atoms with E-state index in [0.29, 0.717) is 5.69 Å². The first kappa shape index (κ1) is 13.4.